The van der Waals surface area contributed by atoms with Crippen molar-refractivity contribution in [1.29, 1.82) is 0 Å². The Bertz CT molecular complexity index is 362. The molecule has 1 N–H and O–H groups in total. The first-order valence-corrected chi connectivity index (χ1v) is 4.11. The summed E-state index contributed by atoms with van der Waals surface area (Å²) in [7, 11) is -0.866. The lowest BCUT2D eigenvalue weighted by Gasteiger charge is -2.05. The lowest BCUT2D eigenvalue weighted by atomic mass is 9.75. The van der Waals surface area contributed by atoms with Gasteiger partial charge in [0.25, 0.3) is 0 Å². The Balaban J connectivity index is 2.62. The third kappa shape index (κ3) is 1.19. The van der Waals surface area contributed by atoms with Gasteiger partial charge in [-0.15, -0.1) is 0 Å². The van der Waals surface area contributed by atoms with Gasteiger partial charge in [-0.1, -0.05) is 12.1 Å². The summed E-state index contributed by atoms with van der Waals surface area (Å²) in [5.41, 5.74) is 3.15. The highest BCUT2D eigenvalue weighted by molar-refractivity contribution is 6.62. The standard InChI is InChI=1S/C9H9BO3/c1-6-7(4-11)2-3-8-5-13-10(12)9(6)8/h2-4,12H,5H2,1H3. The Kier molecular flexibility index (Phi) is 1.94. The van der Waals surface area contributed by atoms with Crippen molar-refractivity contribution in [2.24, 2.45) is 0 Å². The molecule has 1 heterocycles. The highest BCUT2D eigenvalue weighted by atomic mass is 16.5. The van der Waals surface area contributed by atoms with Gasteiger partial charge in [0, 0.05) is 5.56 Å². The number of hydrogen-bond donors (Lipinski definition) is 1. The summed E-state index contributed by atoms with van der Waals surface area (Å²) in [4.78, 5) is 10.6. The summed E-state index contributed by atoms with van der Waals surface area (Å²) in [6, 6.07) is 3.57. The summed E-state index contributed by atoms with van der Waals surface area (Å²) in [6.45, 7) is 2.25. The third-order valence-electron chi connectivity index (χ3n) is 2.42. The van der Waals surface area contributed by atoms with E-state index >= 15 is 0 Å². The van der Waals surface area contributed by atoms with Crippen LogP contribution in [0.2, 0.25) is 0 Å². The Morgan fingerprint density at radius 3 is 3.08 bits per heavy atom. The average molecular weight is 176 g/mol. The molecule has 0 saturated heterocycles. The Labute approximate surface area is 76.5 Å². The van der Waals surface area contributed by atoms with Gasteiger partial charge in [0.15, 0.2) is 0 Å². The molecular weight excluding hydrogens is 167 g/mol. The Hall–Kier alpha value is -1.13. The van der Waals surface area contributed by atoms with Crippen LogP contribution in [0.3, 0.4) is 0 Å². The fourth-order valence-corrected chi connectivity index (χ4v) is 1.65. The van der Waals surface area contributed by atoms with Gasteiger partial charge in [-0.2, -0.15) is 0 Å². The van der Waals surface area contributed by atoms with Gasteiger partial charge < -0.3 is 9.68 Å². The maximum absolute atomic E-state index is 10.6. The quantitative estimate of drug-likeness (QED) is 0.484. The molecule has 0 spiro atoms. The second-order valence-electron chi connectivity index (χ2n) is 3.13. The highest BCUT2D eigenvalue weighted by Crippen LogP contribution is 2.14. The van der Waals surface area contributed by atoms with Crippen LogP contribution in [0.5, 0.6) is 0 Å². The van der Waals surface area contributed by atoms with Gasteiger partial charge >= 0.3 is 7.12 Å². The van der Waals surface area contributed by atoms with Crippen molar-refractivity contribution in [3.8, 4) is 0 Å². The number of benzene rings is 1. The van der Waals surface area contributed by atoms with Gasteiger partial charge in [-0.05, 0) is 23.5 Å². The molecule has 0 aliphatic carbocycles. The molecule has 0 radical (unpaired) electrons. The van der Waals surface area contributed by atoms with E-state index in [0.29, 0.717) is 12.2 Å². The summed E-state index contributed by atoms with van der Waals surface area (Å²) < 4.78 is 5.04. The predicted molar refractivity (Wildman–Crippen MR) is 49.0 cm³/mol. The number of hydrogen-bond acceptors (Lipinski definition) is 3. The van der Waals surface area contributed by atoms with Gasteiger partial charge in [-0.3, -0.25) is 4.79 Å². The van der Waals surface area contributed by atoms with Crippen LogP contribution in [0.25, 0.3) is 0 Å². The SMILES string of the molecule is Cc1c(C=O)ccc2c1B(O)OC2. The molecule has 2 rings (SSSR count). The van der Waals surface area contributed by atoms with Crippen molar-refractivity contribution in [2.45, 2.75) is 13.5 Å². The van der Waals surface area contributed by atoms with Crippen molar-refractivity contribution in [3.63, 3.8) is 0 Å². The molecule has 0 aromatic heterocycles. The zero-order valence-electron chi connectivity index (χ0n) is 7.28. The van der Waals surface area contributed by atoms with E-state index in [1.807, 2.05) is 13.0 Å². The van der Waals surface area contributed by atoms with Gasteiger partial charge in [0.05, 0.1) is 6.61 Å². The van der Waals surface area contributed by atoms with Crippen LogP contribution < -0.4 is 5.46 Å². The minimum atomic E-state index is -0.866. The average Bonchev–Trinajstić information content (AvgIpc) is 2.49. The summed E-state index contributed by atoms with van der Waals surface area (Å²) >= 11 is 0. The second kappa shape index (κ2) is 2.98. The number of fused-ring (bicyclic) bond motifs is 1. The fraction of sp³-hybridized carbons (Fsp3) is 0.222. The molecule has 0 atom stereocenters. The van der Waals surface area contributed by atoms with Gasteiger partial charge in [0.2, 0.25) is 0 Å². The van der Waals surface area contributed by atoms with Crippen molar-refractivity contribution in [2.75, 3.05) is 0 Å². The zero-order chi connectivity index (χ0) is 9.42. The minimum absolute atomic E-state index is 0.427. The summed E-state index contributed by atoms with van der Waals surface area (Å²) in [5, 5.41) is 9.44. The van der Waals surface area contributed by atoms with E-state index in [9.17, 15) is 9.82 Å². The molecular formula is C9H9BO3. The summed E-state index contributed by atoms with van der Waals surface area (Å²) in [5.74, 6) is 0. The molecule has 1 aromatic rings. The topological polar surface area (TPSA) is 46.5 Å². The molecule has 0 fully saturated rings. The zero-order valence-corrected chi connectivity index (χ0v) is 7.28. The lowest BCUT2D eigenvalue weighted by molar-refractivity contribution is 0.112. The van der Waals surface area contributed by atoms with E-state index in [-0.39, 0.29) is 0 Å². The third-order valence-corrected chi connectivity index (χ3v) is 2.42. The molecule has 0 saturated carbocycles. The first-order valence-electron chi connectivity index (χ1n) is 4.11. The molecule has 4 heteroatoms. The molecule has 0 bridgehead atoms. The first-order chi connectivity index (χ1) is 6.24. The Morgan fingerprint density at radius 1 is 1.62 bits per heavy atom. The maximum atomic E-state index is 10.6. The number of rotatable bonds is 1. The summed E-state index contributed by atoms with van der Waals surface area (Å²) in [6.07, 6.45) is 0.792. The molecule has 1 aliphatic rings. The molecule has 0 amide bonds. The van der Waals surface area contributed by atoms with E-state index in [4.69, 9.17) is 4.65 Å². The van der Waals surface area contributed by atoms with Gasteiger partial charge in [-0.25, -0.2) is 0 Å². The van der Waals surface area contributed by atoms with Crippen LogP contribution in [0, 0.1) is 6.92 Å². The van der Waals surface area contributed by atoms with Crippen LogP contribution in [0.15, 0.2) is 12.1 Å². The number of carbonyl (C=O) groups is 1. The van der Waals surface area contributed by atoms with Crippen LogP contribution in [0.4, 0.5) is 0 Å². The monoisotopic (exact) mass is 176 g/mol. The van der Waals surface area contributed by atoms with Crippen LogP contribution in [0.1, 0.15) is 21.5 Å². The predicted octanol–water partition coefficient (Wildman–Crippen LogP) is 0.0252. The maximum Gasteiger partial charge on any atom is 0.492 e. The normalized spacial score (nSPS) is 14.5. The van der Waals surface area contributed by atoms with Crippen molar-refractivity contribution < 1.29 is 14.5 Å². The molecule has 0 unspecified atom stereocenters. The largest absolute Gasteiger partial charge is 0.492 e. The van der Waals surface area contributed by atoms with Crippen LogP contribution in [-0.2, 0) is 11.3 Å². The Morgan fingerprint density at radius 2 is 2.38 bits per heavy atom. The van der Waals surface area contributed by atoms with Crippen molar-refractivity contribution >= 4 is 18.9 Å². The second-order valence-corrected chi connectivity index (χ2v) is 3.13. The van der Waals surface area contributed by atoms with E-state index in [0.717, 1.165) is 22.9 Å². The number of carbonyl (C=O) groups excluding carboxylic acids is 1. The smallest absolute Gasteiger partial charge is 0.423 e. The van der Waals surface area contributed by atoms with Crippen LogP contribution in [-0.4, -0.2) is 18.4 Å². The highest BCUT2D eigenvalue weighted by Gasteiger charge is 2.29. The molecule has 13 heavy (non-hydrogen) atoms. The van der Waals surface area contributed by atoms with E-state index in [1.54, 1.807) is 6.07 Å². The molecule has 3 nitrogen and oxygen atoms in total. The molecule has 66 valence electrons. The van der Waals surface area contributed by atoms with Gasteiger partial charge in [0.1, 0.15) is 6.29 Å². The van der Waals surface area contributed by atoms with Crippen molar-refractivity contribution in [3.05, 3.63) is 28.8 Å². The fourth-order valence-electron chi connectivity index (χ4n) is 1.65. The molecule has 1 aliphatic heterocycles. The van der Waals surface area contributed by atoms with Crippen molar-refractivity contribution in [1.82, 2.24) is 0 Å². The van der Waals surface area contributed by atoms with Crippen LogP contribution >= 0.6 is 0 Å². The lowest BCUT2D eigenvalue weighted by Crippen LogP contribution is -2.31. The minimum Gasteiger partial charge on any atom is -0.423 e. The van der Waals surface area contributed by atoms with E-state index in [1.165, 1.54) is 0 Å². The number of aldehydes is 1. The van der Waals surface area contributed by atoms with E-state index in [2.05, 4.69) is 0 Å². The first kappa shape index (κ1) is 8.47. The van der Waals surface area contributed by atoms with E-state index < -0.39 is 7.12 Å². The molecule has 1 aromatic carbocycles.